The van der Waals surface area contributed by atoms with E-state index < -0.39 is 0 Å². The third-order valence-electron chi connectivity index (χ3n) is 3.98. The van der Waals surface area contributed by atoms with E-state index >= 15 is 0 Å². The van der Waals surface area contributed by atoms with Crippen molar-refractivity contribution in [2.24, 2.45) is 0 Å². The Hall–Kier alpha value is -2.63. The van der Waals surface area contributed by atoms with Crippen LogP contribution in [0.5, 0.6) is 5.75 Å². The van der Waals surface area contributed by atoms with Gasteiger partial charge in [0, 0.05) is 12.1 Å². The van der Waals surface area contributed by atoms with Gasteiger partial charge in [-0.05, 0) is 56.4 Å². The lowest BCUT2D eigenvalue weighted by atomic mass is 9.97. The fourth-order valence-corrected chi connectivity index (χ4v) is 2.69. The lowest BCUT2D eigenvalue weighted by Crippen LogP contribution is -2.29. The molecule has 1 aromatic heterocycles. The van der Waals surface area contributed by atoms with Crippen molar-refractivity contribution in [2.45, 2.75) is 32.1 Å². The number of carbonyl (C=O) groups is 1. The molecule has 0 radical (unpaired) electrons. The minimum Gasteiger partial charge on any atom is -0.484 e. The Morgan fingerprint density at radius 3 is 2.83 bits per heavy atom. The summed E-state index contributed by atoms with van der Waals surface area (Å²) in [7, 11) is 0. The van der Waals surface area contributed by atoms with Crippen LogP contribution in [0.2, 0.25) is 0 Å². The van der Waals surface area contributed by atoms with Crippen molar-refractivity contribution in [3.05, 3.63) is 42.3 Å². The Balaban J connectivity index is 1.38. The van der Waals surface area contributed by atoms with Gasteiger partial charge in [0.1, 0.15) is 5.75 Å². The van der Waals surface area contributed by atoms with Crippen LogP contribution in [0.4, 0.5) is 0 Å². The first kappa shape index (κ1) is 16.2. The summed E-state index contributed by atoms with van der Waals surface area (Å²) in [5.74, 6) is 0.979. The van der Waals surface area contributed by atoms with Gasteiger partial charge in [0.05, 0.1) is 0 Å². The van der Waals surface area contributed by atoms with Crippen LogP contribution in [0.25, 0.3) is 11.5 Å². The lowest BCUT2D eigenvalue weighted by molar-refractivity contribution is -0.123. The van der Waals surface area contributed by atoms with Crippen LogP contribution in [0.1, 0.15) is 32.1 Å². The Bertz CT molecular complexity index is 678. The highest BCUT2D eigenvalue weighted by Crippen LogP contribution is 2.20. The molecule has 24 heavy (non-hydrogen) atoms. The molecule has 0 bridgehead atoms. The van der Waals surface area contributed by atoms with E-state index in [1.807, 2.05) is 12.1 Å². The maximum Gasteiger partial charge on any atom is 0.257 e. The van der Waals surface area contributed by atoms with Crippen molar-refractivity contribution in [3.8, 4) is 17.2 Å². The van der Waals surface area contributed by atoms with Gasteiger partial charge in [-0.15, -0.1) is 10.2 Å². The predicted molar refractivity (Wildman–Crippen MR) is 89.4 cm³/mol. The standard InChI is InChI=1S/C18H21N3O3/c22-17(19-11-10-14-4-2-1-3-5-14)12-23-16-8-6-15(7-9-16)18-21-20-13-24-18/h4,6-9,13H,1-3,5,10-12H2,(H,19,22). The highest BCUT2D eigenvalue weighted by atomic mass is 16.5. The third-order valence-corrected chi connectivity index (χ3v) is 3.98. The smallest absolute Gasteiger partial charge is 0.257 e. The highest BCUT2D eigenvalue weighted by molar-refractivity contribution is 5.77. The van der Waals surface area contributed by atoms with E-state index in [-0.39, 0.29) is 12.5 Å². The van der Waals surface area contributed by atoms with Crippen molar-refractivity contribution in [3.63, 3.8) is 0 Å². The lowest BCUT2D eigenvalue weighted by Gasteiger charge is -2.13. The van der Waals surface area contributed by atoms with E-state index in [1.54, 1.807) is 12.1 Å². The average molecular weight is 327 g/mol. The van der Waals surface area contributed by atoms with E-state index in [4.69, 9.17) is 9.15 Å². The molecule has 1 aliphatic carbocycles. The zero-order chi connectivity index (χ0) is 16.6. The summed E-state index contributed by atoms with van der Waals surface area (Å²) in [6, 6.07) is 7.19. The number of nitrogens with one attached hydrogen (secondary N) is 1. The molecule has 1 aliphatic rings. The van der Waals surface area contributed by atoms with Crippen LogP contribution >= 0.6 is 0 Å². The summed E-state index contributed by atoms with van der Waals surface area (Å²) in [6.07, 6.45) is 9.41. The van der Waals surface area contributed by atoms with E-state index in [1.165, 1.54) is 37.7 Å². The number of hydrogen-bond acceptors (Lipinski definition) is 5. The molecule has 2 aromatic rings. The molecule has 1 heterocycles. The van der Waals surface area contributed by atoms with Gasteiger partial charge in [-0.1, -0.05) is 11.6 Å². The van der Waals surface area contributed by atoms with Gasteiger partial charge in [-0.25, -0.2) is 0 Å². The van der Waals surface area contributed by atoms with Gasteiger partial charge >= 0.3 is 0 Å². The third kappa shape index (κ3) is 4.68. The summed E-state index contributed by atoms with van der Waals surface area (Å²) in [6.45, 7) is 0.684. The number of hydrogen-bond donors (Lipinski definition) is 1. The summed E-state index contributed by atoms with van der Waals surface area (Å²) >= 11 is 0. The van der Waals surface area contributed by atoms with Gasteiger partial charge in [-0.3, -0.25) is 4.79 Å². The summed E-state index contributed by atoms with van der Waals surface area (Å²) in [4.78, 5) is 11.8. The fraction of sp³-hybridized carbons (Fsp3) is 0.389. The molecule has 0 saturated heterocycles. The number of amides is 1. The zero-order valence-corrected chi connectivity index (χ0v) is 13.5. The number of ether oxygens (including phenoxy) is 1. The van der Waals surface area contributed by atoms with Crippen LogP contribution < -0.4 is 10.1 Å². The Kier molecular flexibility index (Phi) is 5.61. The van der Waals surface area contributed by atoms with Gasteiger partial charge in [0.25, 0.3) is 5.91 Å². The first-order chi connectivity index (χ1) is 11.8. The number of nitrogens with zero attached hydrogens (tertiary/aromatic N) is 2. The first-order valence-electron chi connectivity index (χ1n) is 8.25. The molecule has 0 atom stereocenters. The number of aromatic nitrogens is 2. The Morgan fingerprint density at radius 2 is 2.12 bits per heavy atom. The molecule has 0 aliphatic heterocycles. The minimum absolute atomic E-state index is 0.0128. The molecule has 6 nitrogen and oxygen atoms in total. The van der Waals surface area contributed by atoms with Crippen LogP contribution in [-0.2, 0) is 4.79 Å². The quantitative estimate of drug-likeness (QED) is 0.791. The highest BCUT2D eigenvalue weighted by Gasteiger charge is 2.07. The Labute approximate surface area is 140 Å². The van der Waals surface area contributed by atoms with Crippen LogP contribution in [-0.4, -0.2) is 29.3 Å². The molecule has 0 fully saturated rings. The van der Waals surface area contributed by atoms with Crippen molar-refractivity contribution in [1.82, 2.24) is 15.5 Å². The molecular weight excluding hydrogens is 306 g/mol. The second-order valence-corrected chi connectivity index (χ2v) is 5.77. The van der Waals surface area contributed by atoms with Crippen molar-refractivity contribution >= 4 is 5.91 Å². The van der Waals surface area contributed by atoms with E-state index in [0.29, 0.717) is 18.2 Å². The molecule has 1 N–H and O–H groups in total. The van der Waals surface area contributed by atoms with Crippen LogP contribution in [0, 0.1) is 0 Å². The summed E-state index contributed by atoms with van der Waals surface area (Å²) in [5, 5.41) is 10.4. The molecule has 0 spiro atoms. The summed E-state index contributed by atoms with van der Waals surface area (Å²) < 4.78 is 10.6. The second-order valence-electron chi connectivity index (χ2n) is 5.77. The molecule has 0 unspecified atom stereocenters. The molecule has 1 amide bonds. The zero-order valence-electron chi connectivity index (χ0n) is 13.5. The molecule has 3 rings (SSSR count). The van der Waals surface area contributed by atoms with E-state index in [9.17, 15) is 4.79 Å². The van der Waals surface area contributed by atoms with E-state index in [0.717, 1.165) is 12.0 Å². The van der Waals surface area contributed by atoms with Crippen LogP contribution in [0.3, 0.4) is 0 Å². The van der Waals surface area contributed by atoms with Crippen LogP contribution in [0.15, 0.2) is 46.7 Å². The van der Waals surface area contributed by atoms with Crippen molar-refractivity contribution < 1.29 is 13.9 Å². The predicted octanol–water partition coefficient (Wildman–Crippen LogP) is 3.12. The normalized spacial score (nSPS) is 14.1. The number of benzene rings is 1. The van der Waals surface area contributed by atoms with Gasteiger partial charge in [0.2, 0.25) is 12.3 Å². The molecule has 0 saturated carbocycles. The van der Waals surface area contributed by atoms with Crippen molar-refractivity contribution in [1.29, 1.82) is 0 Å². The average Bonchev–Trinajstić information content (AvgIpc) is 3.16. The second kappa shape index (κ2) is 8.29. The SMILES string of the molecule is O=C(COc1ccc(-c2nnco2)cc1)NCCC1=CCCCC1. The maximum atomic E-state index is 11.8. The minimum atomic E-state index is -0.104. The molecule has 6 heteroatoms. The topological polar surface area (TPSA) is 77.2 Å². The van der Waals surface area contributed by atoms with Crippen molar-refractivity contribution in [2.75, 3.05) is 13.2 Å². The number of allylic oxidation sites excluding steroid dienone is 1. The molecule has 126 valence electrons. The number of rotatable bonds is 7. The van der Waals surface area contributed by atoms with Gasteiger partial charge in [0.15, 0.2) is 6.61 Å². The number of carbonyl (C=O) groups excluding carboxylic acids is 1. The van der Waals surface area contributed by atoms with Gasteiger partial charge < -0.3 is 14.5 Å². The Morgan fingerprint density at radius 1 is 1.25 bits per heavy atom. The van der Waals surface area contributed by atoms with Gasteiger partial charge in [-0.2, -0.15) is 0 Å². The monoisotopic (exact) mass is 327 g/mol. The maximum absolute atomic E-state index is 11.8. The molecule has 1 aromatic carbocycles. The summed E-state index contributed by atoms with van der Waals surface area (Å²) in [5.41, 5.74) is 2.27. The first-order valence-corrected chi connectivity index (χ1v) is 8.25. The fourth-order valence-electron chi connectivity index (χ4n) is 2.69. The molecular formula is C18H21N3O3. The van der Waals surface area contributed by atoms with E-state index in [2.05, 4.69) is 21.6 Å². The largest absolute Gasteiger partial charge is 0.484 e.